The normalized spacial score (nSPS) is 27.9. The highest BCUT2D eigenvalue weighted by Crippen LogP contribution is 2.52. The van der Waals surface area contributed by atoms with Crippen LogP contribution in [0.3, 0.4) is 0 Å². The Morgan fingerprint density at radius 3 is 2.50 bits per heavy atom. The predicted octanol–water partition coefficient (Wildman–Crippen LogP) is -0.0126. The summed E-state index contributed by atoms with van der Waals surface area (Å²) in [6.07, 6.45) is 5.27. The Balaban J connectivity index is 1.95. The van der Waals surface area contributed by atoms with Crippen molar-refractivity contribution in [2.24, 2.45) is 17.6 Å². The number of Topliss-reactive ketones (excluding diaryl/α,β-unsaturated/α-hetero) is 2. The van der Waals surface area contributed by atoms with Crippen LogP contribution in [0, 0.1) is 24.2 Å². The summed E-state index contributed by atoms with van der Waals surface area (Å²) < 4.78 is 0. The molecule has 3 atom stereocenters. The molecule has 0 aliphatic heterocycles. The lowest BCUT2D eigenvalue weighted by atomic mass is 9.59. The SMILES string of the molecule is C#Cc1cc2c(c(O)c1N)C(O)=C1C(=O)C3(O)C(O)=C(C(N)=O)C(=O)CC3CC1C2. The number of carbonyl (C=O) groups excluding carboxylic acids is 3. The van der Waals surface area contributed by atoms with Crippen molar-refractivity contribution in [3.05, 3.63) is 39.7 Å². The van der Waals surface area contributed by atoms with Gasteiger partial charge in [-0.15, -0.1) is 6.42 Å². The Morgan fingerprint density at radius 1 is 1.23 bits per heavy atom. The van der Waals surface area contributed by atoms with Crippen LogP contribution in [0.25, 0.3) is 5.76 Å². The van der Waals surface area contributed by atoms with E-state index in [1.54, 1.807) is 0 Å². The summed E-state index contributed by atoms with van der Waals surface area (Å²) in [7, 11) is 0. The molecule has 0 spiro atoms. The van der Waals surface area contributed by atoms with Gasteiger partial charge in [-0.1, -0.05) is 5.92 Å². The van der Waals surface area contributed by atoms with E-state index in [1.807, 2.05) is 0 Å². The number of nitrogen functional groups attached to an aromatic ring is 1. The van der Waals surface area contributed by atoms with E-state index >= 15 is 0 Å². The summed E-state index contributed by atoms with van der Waals surface area (Å²) >= 11 is 0. The maximum Gasteiger partial charge on any atom is 0.255 e. The van der Waals surface area contributed by atoms with Crippen LogP contribution in [0.4, 0.5) is 5.69 Å². The molecule has 154 valence electrons. The number of terminal acetylenes is 1. The fourth-order valence-corrected chi connectivity index (χ4v) is 4.81. The molecule has 1 fully saturated rings. The molecule has 1 aromatic rings. The number of hydrogen-bond donors (Lipinski definition) is 6. The molecular formula is C21H18N2O7. The van der Waals surface area contributed by atoms with Crippen molar-refractivity contribution in [3.63, 3.8) is 0 Å². The lowest BCUT2D eigenvalue weighted by molar-refractivity contribution is -0.147. The highest BCUT2D eigenvalue weighted by Gasteiger charge is 2.60. The van der Waals surface area contributed by atoms with E-state index in [9.17, 15) is 34.8 Å². The number of hydrogen-bond acceptors (Lipinski definition) is 8. The second-order valence-corrected chi connectivity index (χ2v) is 7.77. The molecule has 1 saturated carbocycles. The van der Waals surface area contributed by atoms with Crippen LogP contribution >= 0.6 is 0 Å². The van der Waals surface area contributed by atoms with Gasteiger partial charge < -0.3 is 31.9 Å². The number of phenolic OH excluding ortho intramolecular Hbond substituents is 1. The Hall–Kier alpha value is -3.77. The maximum atomic E-state index is 13.3. The van der Waals surface area contributed by atoms with Crippen molar-refractivity contribution in [1.82, 2.24) is 0 Å². The van der Waals surface area contributed by atoms with Crippen molar-refractivity contribution < 1.29 is 34.8 Å². The van der Waals surface area contributed by atoms with Crippen LogP contribution in [-0.2, 0) is 20.8 Å². The number of aliphatic hydroxyl groups excluding tert-OH is 2. The average Bonchev–Trinajstić information content (AvgIpc) is 2.67. The molecule has 0 heterocycles. The van der Waals surface area contributed by atoms with Gasteiger partial charge in [0.25, 0.3) is 5.91 Å². The summed E-state index contributed by atoms with van der Waals surface area (Å²) in [5.74, 6) is -4.59. The zero-order valence-corrected chi connectivity index (χ0v) is 15.6. The molecule has 1 amide bonds. The number of aliphatic hydroxyl groups is 3. The van der Waals surface area contributed by atoms with Crippen LogP contribution in [-0.4, -0.2) is 43.5 Å². The van der Waals surface area contributed by atoms with E-state index in [-0.39, 0.29) is 41.6 Å². The minimum absolute atomic E-state index is 0.0550. The lowest BCUT2D eigenvalue weighted by Gasteiger charge is -2.46. The van der Waals surface area contributed by atoms with Gasteiger partial charge in [-0.3, -0.25) is 14.4 Å². The monoisotopic (exact) mass is 410 g/mol. The van der Waals surface area contributed by atoms with E-state index in [1.165, 1.54) is 6.07 Å². The largest absolute Gasteiger partial charge is 0.508 e. The van der Waals surface area contributed by atoms with Gasteiger partial charge in [0.05, 0.1) is 16.8 Å². The number of ketones is 2. The summed E-state index contributed by atoms with van der Waals surface area (Å²) in [6, 6.07) is 1.53. The van der Waals surface area contributed by atoms with Crippen LogP contribution in [0.5, 0.6) is 5.75 Å². The van der Waals surface area contributed by atoms with Crippen LogP contribution in [0.2, 0.25) is 0 Å². The van der Waals surface area contributed by atoms with E-state index in [0.29, 0.717) is 5.56 Å². The molecule has 8 N–H and O–H groups in total. The van der Waals surface area contributed by atoms with E-state index < -0.39 is 57.8 Å². The number of nitrogens with two attached hydrogens (primary N) is 2. The Kier molecular flexibility index (Phi) is 3.98. The average molecular weight is 410 g/mol. The van der Waals surface area contributed by atoms with Gasteiger partial charge in [0.15, 0.2) is 17.1 Å². The summed E-state index contributed by atoms with van der Waals surface area (Å²) in [6.45, 7) is 0. The Morgan fingerprint density at radius 2 is 1.90 bits per heavy atom. The molecular weight excluding hydrogens is 392 g/mol. The Labute approximate surface area is 170 Å². The van der Waals surface area contributed by atoms with E-state index in [0.717, 1.165) is 0 Å². The van der Waals surface area contributed by atoms with Gasteiger partial charge in [0, 0.05) is 17.9 Å². The molecule has 4 rings (SSSR count). The first-order chi connectivity index (χ1) is 14.0. The number of benzene rings is 1. The number of primary amides is 1. The first kappa shape index (κ1) is 19.5. The van der Waals surface area contributed by atoms with Crippen molar-refractivity contribution in [1.29, 1.82) is 0 Å². The standard InChI is InChI=1S/C21H18N2O7/c1-2-7-3-8-4-9-5-10-6-11(24)14(20(23)29)19(28)21(10,30)18(27)13(9)16(25)12(8)17(26)15(7)22/h1,3,9-10,25-26,28,30H,4-6,22H2,(H2,23,29). The lowest BCUT2D eigenvalue weighted by Crippen LogP contribution is -2.58. The Bertz CT molecular complexity index is 1170. The minimum Gasteiger partial charge on any atom is -0.508 e. The van der Waals surface area contributed by atoms with Crippen LogP contribution < -0.4 is 11.5 Å². The second-order valence-electron chi connectivity index (χ2n) is 7.77. The highest BCUT2D eigenvalue weighted by molar-refractivity contribution is 6.22. The fraction of sp³-hybridized carbons (Fsp3) is 0.286. The van der Waals surface area contributed by atoms with Crippen molar-refractivity contribution >= 4 is 28.9 Å². The van der Waals surface area contributed by atoms with Gasteiger partial charge in [-0.25, -0.2) is 0 Å². The molecule has 1 aromatic carbocycles. The van der Waals surface area contributed by atoms with Gasteiger partial charge in [0.2, 0.25) is 5.78 Å². The quantitative estimate of drug-likeness (QED) is 0.161. The highest BCUT2D eigenvalue weighted by atomic mass is 16.3. The molecule has 0 saturated heterocycles. The number of anilines is 1. The topological polar surface area (TPSA) is 184 Å². The van der Waals surface area contributed by atoms with Crippen LogP contribution in [0.1, 0.15) is 29.5 Å². The van der Waals surface area contributed by atoms with Crippen molar-refractivity contribution in [2.75, 3.05) is 5.73 Å². The number of rotatable bonds is 1. The van der Waals surface area contributed by atoms with Crippen molar-refractivity contribution in [3.8, 4) is 18.1 Å². The number of fused-ring (bicyclic) bond motifs is 3. The van der Waals surface area contributed by atoms with Crippen molar-refractivity contribution in [2.45, 2.75) is 24.9 Å². The molecule has 3 aliphatic rings. The second kappa shape index (κ2) is 6.11. The zero-order valence-electron chi connectivity index (χ0n) is 15.6. The maximum absolute atomic E-state index is 13.3. The number of phenols is 1. The third-order valence-electron chi connectivity index (χ3n) is 6.25. The zero-order chi connectivity index (χ0) is 22.1. The molecule has 3 aliphatic carbocycles. The number of carbonyl (C=O) groups is 3. The third-order valence-corrected chi connectivity index (χ3v) is 6.25. The molecule has 9 nitrogen and oxygen atoms in total. The fourth-order valence-electron chi connectivity index (χ4n) is 4.81. The molecule has 0 radical (unpaired) electrons. The van der Waals surface area contributed by atoms with Gasteiger partial charge >= 0.3 is 0 Å². The molecule has 3 unspecified atom stereocenters. The van der Waals surface area contributed by atoms with Gasteiger partial charge in [0.1, 0.15) is 17.1 Å². The smallest absolute Gasteiger partial charge is 0.255 e. The molecule has 0 bridgehead atoms. The van der Waals surface area contributed by atoms with E-state index in [2.05, 4.69) is 5.92 Å². The first-order valence-electron chi connectivity index (χ1n) is 9.12. The predicted molar refractivity (Wildman–Crippen MR) is 104 cm³/mol. The van der Waals surface area contributed by atoms with Gasteiger partial charge in [-0.05, 0) is 30.4 Å². The third kappa shape index (κ3) is 2.25. The minimum atomic E-state index is -2.59. The summed E-state index contributed by atoms with van der Waals surface area (Å²) in [5, 5.41) is 42.8. The summed E-state index contributed by atoms with van der Waals surface area (Å²) in [5.41, 5.74) is 7.74. The molecule has 9 heteroatoms. The first-order valence-corrected chi connectivity index (χ1v) is 9.12. The van der Waals surface area contributed by atoms with E-state index in [4.69, 9.17) is 17.9 Å². The molecule has 0 aromatic heterocycles. The van der Waals surface area contributed by atoms with Crippen LogP contribution in [0.15, 0.2) is 23.0 Å². The number of aromatic hydroxyl groups is 1. The number of amides is 1. The molecule has 30 heavy (non-hydrogen) atoms. The van der Waals surface area contributed by atoms with Gasteiger partial charge in [-0.2, -0.15) is 0 Å². The summed E-state index contributed by atoms with van der Waals surface area (Å²) in [4.78, 5) is 37.1.